The molecule has 106 valence electrons. The van der Waals surface area contributed by atoms with E-state index < -0.39 is 0 Å². The van der Waals surface area contributed by atoms with Crippen LogP contribution in [0.1, 0.15) is 38.1 Å². The number of nitrogen functional groups attached to an aromatic ring is 1. The second kappa shape index (κ2) is 5.95. The van der Waals surface area contributed by atoms with Crippen molar-refractivity contribution in [3.63, 3.8) is 0 Å². The van der Waals surface area contributed by atoms with Gasteiger partial charge in [0.25, 0.3) is 0 Å². The smallest absolute Gasteiger partial charge is 0.132 e. The van der Waals surface area contributed by atoms with E-state index in [0.717, 1.165) is 29.3 Å². The average molecular weight is 269 g/mol. The highest BCUT2D eigenvalue weighted by molar-refractivity contribution is 5.74. The number of aromatic nitrogens is 2. The number of rotatable bonds is 5. The Hall–Kier alpha value is -2.03. The Labute approximate surface area is 121 Å². The van der Waals surface area contributed by atoms with Crippen LogP contribution in [0.4, 0.5) is 5.82 Å². The van der Waals surface area contributed by atoms with E-state index in [0.29, 0.717) is 12.5 Å². The molecule has 3 nitrogen and oxygen atoms in total. The fourth-order valence-corrected chi connectivity index (χ4v) is 2.50. The summed E-state index contributed by atoms with van der Waals surface area (Å²) in [6.45, 7) is 10.9. The van der Waals surface area contributed by atoms with Crippen molar-refractivity contribution in [2.45, 2.75) is 39.7 Å². The first-order chi connectivity index (χ1) is 9.60. The highest BCUT2D eigenvalue weighted by Gasteiger charge is 2.18. The summed E-state index contributed by atoms with van der Waals surface area (Å²) in [7, 11) is 0. The number of nitrogens with two attached hydrogens (primary N) is 1. The maximum absolute atomic E-state index is 6.34. The minimum Gasteiger partial charge on any atom is -0.383 e. The lowest BCUT2D eigenvalue weighted by atomic mass is 10.0. The predicted octanol–water partition coefficient (Wildman–Crippen LogP) is 4.00. The van der Waals surface area contributed by atoms with Crippen molar-refractivity contribution < 1.29 is 0 Å². The van der Waals surface area contributed by atoms with Gasteiger partial charge in [-0.15, -0.1) is 6.58 Å². The van der Waals surface area contributed by atoms with E-state index in [1.165, 1.54) is 5.56 Å². The number of benzene rings is 1. The molecule has 0 bridgehead atoms. The molecule has 0 amide bonds. The van der Waals surface area contributed by atoms with Crippen molar-refractivity contribution in [2.24, 2.45) is 0 Å². The van der Waals surface area contributed by atoms with Gasteiger partial charge in [0.1, 0.15) is 17.3 Å². The van der Waals surface area contributed by atoms with Gasteiger partial charge in [0.15, 0.2) is 0 Å². The second-order valence-electron chi connectivity index (χ2n) is 5.27. The Bertz CT molecular complexity index is 609. The molecule has 0 fully saturated rings. The van der Waals surface area contributed by atoms with E-state index in [9.17, 15) is 0 Å². The first-order valence-electron chi connectivity index (χ1n) is 7.15. The van der Waals surface area contributed by atoms with Gasteiger partial charge in [0.2, 0.25) is 0 Å². The lowest BCUT2D eigenvalue weighted by Crippen LogP contribution is -2.07. The van der Waals surface area contributed by atoms with Crippen molar-refractivity contribution in [1.29, 1.82) is 0 Å². The summed E-state index contributed by atoms with van der Waals surface area (Å²) in [5.41, 5.74) is 9.64. The third-order valence-electron chi connectivity index (χ3n) is 3.52. The molecule has 2 aromatic rings. The van der Waals surface area contributed by atoms with Crippen LogP contribution in [-0.4, -0.2) is 9.55 Å². The molecule has 3 heteroatoms. The molecule has 20 heavy (non-hydrogen) atoms. The van der Waals surface area contributed by atoms with Crippen LogP contribution >= 0.6 is 0 Å². The number of allylic oxidation sites excluding steroid dienone is 1. The lowest BCUT2D eigenvalue weighted by molar-refractivity contribution is 0.684. The summed E-state index contributed by atoms with van der Waals surface area (Å²) in [6.07, 6.45) is 2.83. The lowest BCUT2D eigenvalue weighted by Gasteiger charge is -2.09. The summed E-state index contributed by atoms with van der Waals surface area (Å²) in [5.74, 6) is 2.08. The second-order valence-corrected chi connectivity index (χ2v) is 5.27. The van der Waals surface area contributed by atoms with Crippen LogP contribution in [0.15, 0.2) is 36.9 Å². The SMILES string of the molecule is C=CCn1c(C(C)C)nc(-c2ccccc2CC)c1N. The molecule has 0 aliphatic carbocycles. The molecule has 0 aliphatic heterocycles. The fourth-order valence-electron chi connectivity index (χ4n) is 2.50. The van der Waals surface area contributed by atoms with E-state index in [1.54, 1.807) is 0 Å². The third-order valence-corrected chi connectivity index (χ3v) is 3.52. The molecule has 2 N–H and O–H groups in total. The Kier molecular flexibility index (Phi) is 4.28. The van der Waals surface area contributed by atoms with Gasteiger partial charge in [-0.05, 0) is 12.0 Å². The molecule has 0 atom stereocenters. The van der Waals surface area contributed by atoms with Gasteiger partial charge in [-0.1, -0.05) is 51.1 Å². The molecular weight excluding hydrogens is 246 g/mol. The Balaban J connectivity index is 2.63. The van der Waals surface area contributed by atoms with Crippen LogP contribution in [0, 0.1) is 0 Å². The summed E-state index contributed by atoms with van der Waals surface area (Å²) >= 11 is 0. The standard InChI is InChI=1S/C17H23N3/c1-5-11-20-16(18)15(19-17(20)12(3)4)14-10-8-7-9-13(14)6-2/h5,7-10,12H,1,6,11,18H2,2-4H3. The van der Waals surface area contributed by atoms with Crippen LogP contribution in [0.25, 0.3) is 11.3 Å². The van der Waals surface area contributed by atoms with Crippen LogP contribution in [0.3, 0.4) is 0 Å². The number of nitrogens with zero attached hydrogens (tertiary/aromatic N) is 2. The van der Waals surface area contributed by atoms with Crippen LogP contribution in [0.2, 0.25) is 0 Å². The zero-order valence-corrected chi connectivity index (χ0v) is 12.6. The topological polar surface area (TPSA) is 43.8 Å². The van der Waals surface area contributed by atoms with Gasteiger partial charge in [0.05, 0.1) is 0 Å². The monoisotopic (exact) mass is 269 g/mol. The largest absolute Gasteiger partial charge is 0.383 e. The van der Waals surface area contributed by atoms with Crippen molar-refractivity contribution >= 4 is 5.82 Å². The third kappa shape index (κ3) is 2.48. The van der Waals surface area contributed by atoms with E-state index in [-0.39, 0.29) is 0 Å². The van der Waals surface area contributed by atoms with E-state index >= 15 is 0 Å². The van der Waals surface area contributed by atoms with Gasteiger partial charge in [-0.2, -0.15) is 0 Å². The van der Waals surface area contributed by atoms with Gasteiger partial charge in [0, 0.05) is 18.0 Å². The Morgan fingerprint density at radius 1 is 1.35 bits per heavy atom. The molecule has 1 heterocycles. The minimum absolute atomic E-state index is 0.333. The maximum atomic E-state index is 6.34. The van der Waals surface area contributed by atoms with Crippen molar-refractivity contribution in [1.82, 2.24) is 9.55 Å². The maximum Gasteiger partial charge on any atom is 0.132 e. The molecule has 0 radical (unpaired) electrons. The van der Waals surface area contributed by atoms with Crippen LogP contribution in [-0.2, 0) is 13.0 Å². The zero-order chi connectivity index (χ0) is 14.7. The normalized spacial score (nSPS) is 11.0. The highest BCUT2D eigenvalue weighted by Crippen LogP contribution is 2.31. The highest BCUT2D eigenvalue weighted by atomic mass is 15.1. The Morgan fingerprint density at radius 2 is 2.05 bits per heavy atom. The zero-order valence-electron chi connectivity index (χ0n) is 12.6. The average Bonchev–Trinajstić information content (AvgIpc) is 2.77. The quantitative estimate of drug-likeness (QED) is 0.834. The van der Waals surface area contributed by atoms with Crippen LogP contribution < -0.4 is 5.73 Å². The first kappa shape index (κ1) is 14.4. The molecule has 1 aromatic heterocycles. The summed E-state index contributed by atoms with van der Waals surface area (Å²) in [4.78, 5) is 4.80. The van der Waals surface area contributed by atoms with E-state index in [1.807, 2.05) is 12.1 Å². The molecule has 0 spiro atoms. The Morgan fingerprint density at radius 3 is 2.65 bits per heavy atom. The summed E-state index contributed by atoms with van der Waals surface area (Å²) in [6, 6.07) is 8.33. The van der Waals surface area contributed by atoms with Crippen LogP contribution in [0.5, 0.6) is 0 Å². The molecule has 1 aromatic carbocycles. The molecule has 0 unspecified atom stereocenters. The van der Waals surface area contributed by atoms with Crippen molar-refractivity contribution in [2.75, 3.05) is 5.73 Å². The van der Waals surface area contributed by atoms with Crippen molar-refractivity contribution in [3.8, 4) is 11.3 Å². The number of aryl methyl sites for hydroxylation is 1. The van der Waals surface area contributed by atoms with Gasteiger partial charge in [-0.25, -0.2) is 4.98 Å². The number of anilines is 1. The fraction of sp³-hybridized carbons (Fsp3) is 0.353. The van der Waals surface area contributed by atoms with E-state index in [4.69, 9.17) is 10.7 Å². The molecule has 0 saturated carbocycles. The molecular formula is C17H23N3. The number of imidazole rings is 1. The number of hydrogen-bond donors (Lipinski definition) is 1. The summed E-state index contributed by atoms with van der Waals surface area (Å²) < 4.78 is 2.05. The molecule has 0 aliphatic rings. The van der Waals surface area contributed by atoms with E-state index in [2.05, 4.69) is 50.1 Å². The summed E-state index contributed by atoms with van der Waals surface area (Å²) in [5, 5.41) is 0. The first-order valence-corrected chi connectivity index (χ1v) is 7.15. The minimum atomic E-state index is 0.333. The van der Waals surface area contributed by atoms with Gasteiger partial charge < -0.3 is 10.3 Å². The van der Waals surface area contributed by atoms with Crippen molar-refractivity contribution in [3.05, 3.63) is 48.3 Å². The molecule has 2 rings (SSSR count). The number of hydrogen-bond acceptors (Lipinski definition) is 2. The molecule has 0 saturated heterocycles. The predicted molar refractivity (Wildman–Crippen MR) is 85.7 cm³/mol. The van der Waals surface area contributed by atoms with Gasteiger partial charge >= 0.3 is 0 Å². The van der Waals surface area contributed by atoms with Gasteiger partial charge in [-0.3, -0.25) is 0 Å².